The van der Waals surface area contributed by atoms with Crippen LogP contribution in [0.25, 0.3) is 11.1 Å². The van der Waals surface area contributed by atoms with Crippen molar-refractivity contribution in [2.24, 2.45) is 7.05 Å². The van der Waals surface area contributed by atoms with Gasteiger partial charge in [-0.2, -0.15) is 14.5 Å². The number of aryl methyl sites for hydroxylation is 1. The Kier molecular flexibility index (Phi) is 5.84. The Balaban J connectivity index is 1.69. The van der Waals surface area contributed by atoms with Gasteiger partial charge in [0.1, 0.15) is 5.75 Å². The zero-order valence-electron chi connectivity index (χ0n) is 17.0. The molecule has 0 saturated heterocycles. The number of pyridine rings is 1. The monoisotopic (exact) mass is 431 g/mol. The number of carbonyl (C=O) groups is 1. The first-order valence-corrected chi connectivity index (χ1v) is 9.46. The Labute approximate surface area is 182 Å². The highest BCUT2D eigenvalue weighted by Crippen LogP contribution is 2.33. The molecule has 4 aromatic rings. The second-order valence-electron chi connectivity index (χ2n) is 6.63. The highest BCUT2D eigenvalue weighted by molar-refractivity contribution is 5.98. The molecule has 9 nitrogen and oxygen atoms in total. The average molecular weight is 431 g/mol. The molecule has 0 atom stereocenters. The minimum Gasteiger partial charge on any atom is -0.438 e. The van der Waals surface area contributed by atoms with E-state index in [1.807, 2.05) is 0 Å². The first-order chi connectivity index (χ1) is 15.5. The minimum absolute atomic E-state index is 0.215. The lowest BCUT2D eigenvalue weighted by Crippen LogP contribution is -2.07. The van der Waals surface area contributed by atoms with Crippen LogP contribution in [0.5, 0.6) is 11.6 Å². The number of nitrogens with zero attached hydrogens (tertiary/aromatic N) is 5. The average Bonchev–Trinajstić information content (AvgIpc) is 3.19. The van der Waals surface area contributed by atoms with E-state index in [0.29, 0.717) is 28.3 Å². The number of hydrogen-bond acceptors (Lipinski definition) is 7. The van der Waals surface area contributed by atoms with Gasteiger partial charge in [-0.1, -0.05) is 12.6 Å². The van der Waals surface area contributed by atoms with Gasteiger partial charge < -0.3 is 15.4 Å². The topological polar surface area (TPSA) is 107 Å². The molecule has 160 valence electrons. The molecule has 0 spiro atoms. The van der Waals surface area contributed by atoms with E-state index in [-0.39, 0.29) is 17.7 Å². The molecule has 2 N–H and O–H groups in total. The van der Waals surface area contributed by atoms with E-state index in [0.717, 1.165) is 0 Å². The van der Waals surface area contributed by atoms with Gasteiger partial charge in [-0.05, 0) is 30.3 Å². The van der Waals surface area contributed by atoms with Crippen molar-refractivity contribution >= 4 is 23.2 Å². The van der Waals surface area contributed by atoms with Gasteiger partial charge in [-0.3, -0.25) is 9.48 Å². The third kappa shape index (κ3) is 4.93. The summed E-state index contributed by atoms with van der Waals surface area (Å²) in [5, 5.41) is 9.83. The van der Waals surface area contributed by atoms with Crippen molar-refractivity contribution < 1.29 is 13.9 Å². The maximum atomic E-state index is 13.3. The molecule has 0 fully saturated rings. The molecule has 4 rings (SSSR count). The van der Waals surface area contributed by atoms with Crippen LogP contribution in [0.2, 0.25) is 0 Å². The molecular formula is C22H18FN7O2. The van der Waals surface area contributed by atoms with Crippen molar-refractivity contribution in [1.29, 1.82) is 0 Å². The summed E-state index contributed by atoms with van der Waals surface area (Å²) in [6.07, 6.45) is 7.50. The zero-order valence-corrected chi connectivity index (χ0v) is 17.0. The van der Waals surface area contributed by atoms with E-state index in [2.05, 4.69) is 37.3 Å². The maximum Gasteiger partial charge on any atom is 0.247 e. The first-order valence-electron chi connectivity index (χ1n) is 9.46. The van der Waals surface area contributed by atoms with Gasteiger partial charge in [-0.15, -0.1) is 0 Å². The van der Waals surface area contributed by atoms with Gasteiger partial charge in [0, 0.05) is 43.0 Å². The quantitative estimate of drug-likeness (QED) is 0.335. The summed E-state index contributed by atoms with van der Waals surface area (Å²) in [7, 11) is 1.79. The van der Waals surface area contributed by atoms with Crippen LogP contribution in [0.15, 0.2) is 73.8 Å². The SMILES string of the molecule is C=CC(=O)Nc1cccc(Oc2nc(Nc3cnn(C)c3)ncc2-c2ccc(F)nc2)c1. The van der Waals surface area contributed by atoms with E-state index in [1.165, 1.54) is 18.3 Å². The molecule has 1 aromatic carbocycles. The second-order valence-corrected chi connectivity index (χ2v) is 6.63. The molecular weight excluding hydrogens is 413 g/mol. The number of aromatic nitrogens is 5. The summed E-state index contributed by atoms with van der Waals surface area (Å²) in [5.74, 6) is -0.0213. The third-order valence-electron chi connectivity index (χ3n) is 4.25. The van der Waals surface area contributed by atoms with Crippen LogP contribution in [-0.2, 0) is 11.8 Å². The molecule has 0 aliphatic heterocycles. The summed E-state index contributed by atoms with van der Waals surface area (Å²) in [6, 6.07) is 9.60. The van der Waals surface area contributed by atoms with Crippen molar-refractivity contribution in [3.63, 3.8) is 0 Å². The number of hydrogen-bond donors (Lipinski definition) is 2. The van der Waals surface area contributed by atoms with E-state index in [4.69, 9.17) is 4.74 Å². The summed E-state index contributed by atoms with van der Waals surface area (Å²) >= 11 is 0. The van der Waals surface area contributed by atoms with Crippen LogP contribution < -0.4 is 15.4 Å². The number of amides is 1. The lowest BCUT2D eigenvalue weighted by atomic mass is 10.1. The molecule has 32 heavy (non-hydrogen) atoms. The number of rotatable bonds is 7. The van der Waals surface area contributed by atoms with Gasteiger partial charge in [0.2, 0.25) is 23.7 Å². The first kappa shape index (κ1) is 20.7. The number of carbonyl (C=O) groups excluding carboxylic acids is 1. The Morgan fingerprint density at radius 3 is 2.75 bits per heavy atom. The standard InChI is InChI=1S/C22H18FN7O2/c1-3-20(31)27-15-5-4-6-17(9-15)32-21-18(14-7-8-19(23)24-10-14)12-25-22(29-21)28-16-11-26-30(2)13-16/h3-13H,1H2,2H3,(H,27,31)(H,25,28,29). The third-order valence-corrected chi connectivity index (χ3v) is 4.25. The minimum atomic E-state index is -0.599. The van der Waals surface area contributed by atoms with Crippen molar-refractivity contribution in [2.75, 3.05) is 10.6 Å². The molecule has 3 heterocycles. The summed E-state index contributed by atoms with van der Waals surface area (Å²) in [4.78, 5) is 24.1. The van der Waals surface area contributed by atoms with Gasteiger partial charge >= 0.3 is 0 Å². The molecule has 0 aliphatic rings. The van der Waals surface area contributed by atoms with Crippen LogP contribution >= 0.6 is 0 Å². The largest absolute Gasteiger partial charge is 0.438 e. The highest BCUT2D eigenvalue weighted by Gasteiger charge is 2.14. The van der Waals surface area contributed by atoms with Crippen LogP contribution in [0.1, 0.15) is 0 Å². The summed E-state index contributed by atoms with van der Waals surface area (Å²) in [5.41, 5.74) is 2.31. The molecule has 10 heteroatoms. The number of nitrogens with one attached hydrogen (secondary N) is 2. The molecule has 0 radical (unpaired) electrons. The fraction of sp³-hybridized carbons (Fsp3) is 0.0455. The predicted molar refractivity (Wildman–Crippen MR) is 117 cm³/mol. The van der Waals surface area contributed by atoms with E-state index in [9.17, 15) is 9.18 Å². The normalized spacial score (nSPS) is 10.4. The Hall–Kier alpha value is -4.60. The summed E-state index contributed by atoms with van der Waals surface area (Å²) in [6.45, 7) is 3.44. The second kappa shape index (κ2) is 9.04. The van der Waals surface area contributed by atoms with E-state index >= 15 is 0 Å². The van der Waals surface area contributed by atoms with Gasteiger partial charge in [0.05, 0.1) is 17.4 Å². The van der Waals surface area contributed by atoms with Gasteiger partial charge in [0.25, 0.3) is 0 Å². The van der Waals surface area contributed by atoms with Crippen molar-refractivity contribution in [1.82, 2.24) is 24.7 Å². The lowest BCUT2D eigenvalue weighted by molar-refractivity contribution is -0.111. The predicted octanol–water partition coefficient (Wildman–Crippen LogP) is 4.07. The molecule has 1 amide bonds. The summed E-state index contributed by atoms with van der Waals surface area (Å²) < 4.78 is 21.0. The van der Waals surface area contributed by atoms with Crippen molar-refractivity contribution in [2.45, 2.75) is 0 Å². The Morgan fingerprint density at radius 2 is 2.03 bits per heavy atom. The molecule has 0 unspecified atom stereocenters. The lowest BCUT2D eigenvalue weighted by Gasteiger charge is -2.12. The number of benzene rings is 1. The smallest absolute Gasteiger partial charge is 0.247 e. The van der Waals surface area contributed by atoms with Gasteiger partial charge in [-0.25, -0.2) is 9.97 Å². The Bertz CT molecular complexity index is 1270. The Morgan fingerprint density at radius 1 is 1.16 bits per heavy atom. The number of ether oxygens (including phenoxy) is 1. The highest BCUT2D eigenvalue weighted by atomic mass is 19.1. The molecule has 3 aromatic heterocycles. The van der Waals surface area contributed by atoms with Crippen LogP contribution in [0.3, 0.4) is 0 Å². The van der Waals surface area contributed by atoms with Crippen LogP contribution in [0.4, 0.5) is 21.7 Å². The van der Waals surface area contributed by atoms with E-state index in [1.54, 1.807) is 60.7 Å². The van der Waals surface area contributed by atoms with Crippen molar-refractivity contribution in [3.8, 4) is 22.8 Å². The number of anilines is 3. The fourth-order valence-electron chi connectivity index (χ4n) is 2.79. The number of halogens is 1. The molecule has 0 aliphatic carbocycles. The maximum absolute atomic E-state index is 13.3. The zero-order chi connectivity index (χ0) is 22.5. The van der Waals surface area contributed by atoms with Crippen LogP contribution in [0, 0.1) is 5.95 Å². The van der Waals surface area contributed by atoms with Crippen LogP contribution in [-0.4, -0.2) is 30.6 Å². The van der Waals surface area contributed by atoms with Crippen molar-refractivity contribution in [3.05, 3.63) is 79.8 Å². The fourth-order valence-corrected chi connectivity index (χ4v) is 2.79. The van der Waals surface area contributed by atoms with E-state index < -0.39 is 5.95 Å². The van der Waals surface area contributed by atoms with Gasteiger partial charge in [0.15, 0.2) is 0 Å². The molecule has 0 saturated carbocycles. The molecule has 0 bridgehead atoms.